The first-order valence-electron chi connectivity index (χ1n) is 9.81. The van der Waals surface area contributed by atoms with Gasteiger partial charge in [0.25, 0.3) is 5.91 Å². The molecule has 6 nitrogen and oxygen atoms in total. The van der Waals surface area contributed by atoms with Gasteiger partial charge in [-0.1, -0.05) is 24.3 Å². The Balaban J connectivity index is 1.33. The van der Waals surface area contributed by atoms with E-state index in [1.165, 1.54) is 12.4 Å². The number of aromatic amines is 1. The lowest BCUT2D eigenvalue weighted by atomic mass is 9.89. The van der Waals surface area contributed by atoms with Crippen LogP contribution in [0.5, 0.6) is 0 Å². The zero-order chi connectivity index (χ0) is 20.0. The van der Waals surface area contributed by atoms with Gasteiger partial charge in [-0.05, 0) is 42.8 Å². The molecule has 29 heavy (non-hydrogen) atoms. The van der Waals surface area contributed by atoms with Crippen LogP contribution in [0.2, 0.25) is 0 Å². The Morgan fingerprint density at radius 1 is 1.14 bits per heavy atom. The van der Waals surface area contributed by atoms with Gasteiger partial charge in [-0.15, -0.1) is 0 Å². The largest absolute Gasteiger partial charge is 0.338 e. The maximum absolute atomic E-state index is 13.8. The van der Waals surface area contributed by atoms with Crippen molar-refractivity contribution in [2.24, 2.45) is 11.8 Å². The minimum atomic E-state index is -0.211. The normalized spacial score (nSPS) is 24.1. The first-order chi connectivity index (χ1) is 14.1. The summed E-state index contributed by atoms with van der Waals surface area (Å²) in [5.41, 5.74) is 2.56. The van der Waals surface area contributed by atoms with Crippen LogP contribution in [0.4, 0.5) is 4.39 Å². The summed E-state index contributed by atoms with van der Waals surface area (Å²) in [6.07, 6.45) is 1.46. The number of fused-ring (bicyclic) bond motifs is 1. The van der Waals surface area contributed by atoms with Gasteiger partial charge >= 0.3 is 0 Å². The molecule has 0 saturated carbocycles. The van der Waals surface area contributed by atoms with E-state index in [0.29, 0.717) is 29.8 Å². The molecule has 2 fully saturated rings. The summed E-state index contributed by atoms with van der Waals surface area (Å²) in [5, 5.41) is 6.68. The molecule has 7 heteroatoms. The highest BCUT2D eigenvalue weighted by molar-refractivity contribution is 5.94. The van der Waals surface area contributed by atoms with Gasteiger partial charge in [0.2, 0.25) is 0 Å². The molecule has 5 rings (SSSR count). The maximum Gasteiger partial charge on any atom is 0.253 e. The molecule has 2 aliphatic heterocycles. The molecule has 1 aromatic heterocycles. The second-order valence-corrected chi connectivity index (χ2v) is 7.98. The fourth-order valence-corrected chi connectivity index (χ4v) is 4.91. The molecule has 148 valence electrons. The van der Waals surface area contributed by atoms with E-state index in [-0.39, 0.29) is 17.8 Å². The Morgan fingerprint density at radius 3 is 2.69 bits per heavy atom. The minimum Gasteiger partial charge on any atom is -0.338 e. The topological polar surface area (TPSA) is 65.1 Å². The van der Waals surface area contributed by atoms with Gasteiger partial charge in [-0.25, -0.2) is 9.37 Å². The molecule has 3 atom stereocenters. The third-order valence-corrected chi connectivity index (χ3v) is 6.19. The van der Waals surface area contributed by atoms with Gasteiger partial charge in [0.1, 0.15) is 12.1 Å². The first kappa shape index (κ1) is 18.0. The van der Waals surface area contributed by atoms with Crippen LogP contribution in [0.15, 0.2) is 54.9 Å². The van der Waals surface area contributed by atoms with Crippen LogP contribution < -0.4 is 0 Å². The Bertz CT molecular complexity index is 1020. The van der Waals surface area contributed by atoms with Crippen molar-refractivity contribution in [1.82, 2.24) is 25.0 Å². The number of carbonyl (C=O) groups is 1. The average Bonchev–Trinajstić information content (AvgIpc) is 3.44. The second-order valence-electron chi connectivity index (χ2n) is 7.98. The Labute approximate surface area is 168 Å². The zero-order valence-corrected chi connectivity index (χ0v) is 16.1. The number of H-pyrrole nitrogens is 1. The molecular weight excluding hydrogens is 369 g/mol. The van der Waals surface area contributed by atoms with E-state index in [9.17, 15) is 9.18 Å². The number of nitrogens with one attached hydrogen (secondary N) is 1. The molecule has 3 aromatic rings. The molecular formula is C22H22FN5O. The van der Waals surface area contributed by atoms with E-state index in [1.54, 1.807) is 12.1 Å². The van der Waals surface area contributed by atoms with Crippen molar-refractivity contribution in [3.05, 3.63) is 71.8 Å². The summed E-state index contributed by atoms with van der Waals surface area (Å²) < 4.78 is 13.8. The van der Waals surface area contributed by atoms with E-state index < -0.39 is 0 Å². The molecule has 3 heterocycles. The van der Waals surface area contributed by atoms with E-state index in [2.05, 4.69) is 27.1 Å². The van der Waals surface area contributed by atoms with Crippen molar-refractivity contribution in [1.29, 1.82) is 0 Å². The molecule has 0 bridgehead atoms. The number of nitrogens with zero attached hydrogens (tertiary/aromatic N) is 4. The number of hydrogen-bond acceptors (Lipinski definition) is 4. The Hall–Kier alpha value is -3.06. The molecule has 2 aliphatic rings. The minimum absolute atomic E-state index is 0.0455. The fraction of sp³-hybridized carbons (Fsp3) is 0.318. The van der Waals surface area contributed by atoms with E-state index in [0.717, 1.165) is 24.2 Å². The number of halogens is 1. The van der Waals surface area contributed by atoms with Crippen molar-refractivity contribution in [3.63, 3.8) is 0 Å². The van der Waals surface area contributed by atoms with Crippen LogP contribution in [-0.2, 0) is 0 Å². The Morgan fingerprint density at radius 2 is 1.97 bits per heavy atom. The highest BCUT2D eigenvalue weighted by Gasteiger charge is 2.47. The standard InChI is InChI=1S/C22H22FN5O/c1-27-10-17-11-28(12-19(17)20(27)16-3-2-4-18(23)9-16)22(29)15-7-5-14(6-8-15)21-24-13-25-26-21/h2-9,13,17,19-20H,10-12H2,1H3,(H,24,25,26)/t17-,19+,20-/m0/s1. The summed E-state index contributed by atoms with van der Waals surface area (Å²) in [6.45, 7) is 2.35. The highest BCUT2D eigenvalue weighted by atomic mass is 19.1. The van der Waals surface area contributed by atoms with Crippen molar-refractivity contribution < 1.29 is 9.18 Å². The van der Waals surface area contributed by atoms with E-state index in [4.69, 9.17) is 0 Å². The summed E-state index contributed by atoms with van der Waals surface area (Å²) in [7, 11) is 2.09. The predicted octanol–water partition coefficient (Wildman–Crippen LogP) is 2.99. The molecule has 0 unspecified atom stereocenters. The van der Waals surface area contributed by atoms with Crippen molar-refractivity contribution >= 4 is 5.91 Å². The molecule has 2 aromatic carbocycles. The number of benzene rings is 2. The molecule has 0 aliphatic carbocycles. The molecule has 1 amide bonds. The van der Waals surface area contributed by atoms with Gasteiger partial charge in [-0.2, -0.15) is 5.10 Å². The number of hydrogen-bond donors (Lipinski definition) is 1. The monoisotopic (exact) mass is 391 g/mol. The number of carbonyl (C=O) groups excluding carboxylic acids is 1. The number of rotatable bonds is 3. The molecule has 2 saturated heterocycles. The second kappa shape index (κ2) is 7.08. The molecule has 0 radical (unpaired) electrons. The zero-order valence-electron chi connectivity index (χ0n) is 16.1. The van der Waals surface area contributed by atoms with Gasteiger partial charge < -0.3 is 4.90 Å². The van der Waals surface area contributed by atoms with Crippen LogP contribution in [0.25, 0.3) is 11.4 Å². The molecule has 0 spiro atoms. The average molecular weight is 391 g/mol. The van der Waals surface area contributed by atoms with Crippen molar-refractivity contribution in [2.75, 3.05) is 26.7 Å². The van der Waals surface area contributed by atoms with Crippen LogP contribution in [0, 0.1) is 17.7 Å². The van der Waals surface area contributed by atoms with Crippen LogP contribution in [0.3, 0.4) is 0 Å². The van der Waals surface area contributed by atoms with Gasteiger partial charge in [0, 0.05) is 42.7 Å². The maximum atomic E-state index is 13.8. The number of likely N-dealkylation sites (tertiary alicyclic amines) is 2. The predicted molar refractivity (Wildman–Crippen MR) is 106 cm³/mol. The van der Waals surface area contributed by atoms with Gasteiger partial charge in [-0.3, -0.25) is 14.8 Å². The lowest BCUT2D eigenvalue weighted by Crippen LogP contribution is -2.33. The lowest BCUT2D eigenvalue weighted by molar-refractivity contribution is 0.0768. The molecule has 1 N–H and O–H groups in total. The van der Waals surface area contributed by atoms with Crippen LogP contribution in [-0.4, -0.2) is 57.6 Å². The Kier molecular flexibility index (Phi) is 4.39. The lowest BCUT2D eigenvalue weighted by Gasteiger charge is -2.27. The summed E-state index contributed by atoms with van der Waals surface area (Å²) in [5.74, 6) is 1.24. The van der Waals surface area contributed by atoms with E-state index in [1.807, 2.05) is 35.2 Å². The van der Waals surface area contributed by atoms with Gasteiger partial charge in [0.05, 0.1) is 0 Å². The third-order valence-electron chi connectivity index (χ3n) is 6.19. The van der Waals surface area contributed by atoms with Crippen LogP contribution >= 0.6 is 0 Å². The van der Waals surface area contributed by atoms with Crippen LogP contribution in [0.1, 0.15) is 22.0 Å². The smallest absolute Gasteiger partial charge is 0.253 e. The summed E-state index contributed by atoms with van der Waals surface area (Å²) >= 11 is 0. The quantitative estimate of drug-likeness (QED) is 0.746. The SMILES string of the molecule is CN1C[C@H]2CN(C(=O)c3ccc(-c4ncn[nH]4)cc3)C[C@H]2[C@@H]1c1cccc(F)c1. The first-order valence-corrected chi connectivity index (χ1v) is 9.81. The van der Waals surface area contributed by atoms with Crippen molar-refractivity contribution in [2.45, 2.75) is 6.04 Å². The number of aromatic nitrogens is 3. The summed E-state index contributed by atoms with van der Waals surface area (Å²) in [6, 6.07) is 14.4. The fourth-order valence-electron chi connectivity index (χ4n) is 4.91. The number of amides is 1. The third kappa shape index (κ3) is 3.21. The van der Waals surface area contributed by atoms with E-state index >= 15 is 0 Å². The van der Waals surface area contributed by atoms with Gasteiger partial charge in [0.15, 0.2) is 5.82 Å². The summed E-state index contributed by atoms with van der Waals surface area (Å²) in [4.78, 5) is 21.4. The van der Waals surface area contributed by atoms with Crippen molar-refractivity contribution in [3.8, 4) is 11.4 Å². The highest BCUT2D eigenvalue weighted by Crippen LogP contribution is 2.44.